The third-order valence-electron chi connectivity index (χ3n) is 3.11. The van der Waals surface area contributed by atoms with Crippen LogP contribution < -0.4 is 4.74 Å². The number of nitrogens with one attached hydrogen (secondary N) is 1. The van der Waals surface area contributed by atoms with E-state index in [-0.39, 0.29) is 6.10 Å². The number of rotatable bonds is 4. The highest BCUT2D eigenvalue weighted by Gasteiger charge is 2.15. The number of benzene rings is 2. The first-order valence-electron chi connectivity index (χ1n) is 6.53. The summed E-state index contributed by atoms with van der Waals surface area (Å²) in [7, 11) is 0. The van der Waals surface area contributed by atoms with Crippen LogP contribution in [0.15, 0.2) is 54.6 Å². The van der Waals surface area contributed by atoms with Gasteiger partial charge in [0.1, 0.15) is 11.6 Å². The van der Waals surface area contributed by atoms with Gasteiger partial charge in [0.25, 0.3) is 0 Å². The van der Waals surface area contributed by atoms with Crippen LogP contribution in [0.3, 0.4) is 0 Å². The van der Waals surface area contributed by atoms with Gasteiger partial charge in [0.2, 0.25) is 0 Å². The molecule has 1 atom stereocenters. The van der Waals surface area contributed by atoms with E-state index in [1.165, 1.54) is 0 Å². The van der Waals surface area contributed by atoms with Crippen molar-refractivity contribution in [1.82, 2.24) is 9.97 Å². The van der Waals surface area contributed by atoms with E-state index in [0.29, 0.717) is 0 Å². The first kappa shape index (κ1) is 11.8. The molecule has 0 aliphatic heterocycles. The molecule has 0 bridgehead atoms. The van der Waals surface area contributed by atoms with Crippen molar-refractivity contribution in [2.24, 2.45) is 0 Å². The molecule has 3 rings (SSSR count). The third kappa shape index (κ3) is 2.45. The van der Waals surface area contributed by atoms with Gasteiger partial charge in [-0.15, -0.1) is 0 Å². The number of aromatic nitrogens is 2. The van der Waals surface area contributed by atoms with Gasteiger partial charge in [0.05, 0.1) is 11.0 Å². The van der Waals surface area contributed by atoms with Crippen LogP contribution in [0.1, 0.15) is 25.3 Å². The van der Waals surface area contributed by atoms with Crippen molar-refractivity contribution in [2.45, 2.75) is 19.4 Å². The summed E-state index contributed by atoms with van der Waals surface area (Å²) in [6.45, 7) is 2.10. The largest absolute Gasteiger partial charge is 0.483 e. The lowest BCUT2D eigenvalue weighted by Crippen LogP contribution is -2.08. The molecule has 0 spiro atoms. The molecule has 96 valence electrons. The fraction of sp³-hybridized carbons (Fsp3) is 0.188. The minimum atomic E-state index is -0.0465. The lowest BCUT2D eigenvalue weighted by atomic mass is 10.2. The van der Waals surface area contributed by atoms with Crippen molar-refractivity contribution < 1.29 is 4.74 Å². The number of H-pyrrole nitrogens is 1. The van der Waals surface area contributed by atoms with E-state index in [1.54, 1.807) is 0 Å². The molecule has 1 N–H and O–H groups in total. The zero-order valence-corrected chi connectivity index (χ0v) is 10.8. The van der Waals surface area contributed by atoms with Crippen LogP contribution in [0, 0.1) is 0 Å². The van der Waals surface area contributed by atoms with Crippen LogP contribution in [0.4, 0.5) is 0 Å². The van der Waals surface area contributed by atoms with E-state index in [9.17, 15) is 0 Å². The Hall–Kier alpha value is -2.29. The smallest absolute Gasteiger partial charge is 0.156 e. The second kappa shape index (κ2) is 5.14. The van der Waals surface area contributed by atoms with E-state index in [0.717, 1.165) is 29.0 Å². The quantitative estimate of drug-likeness (QED) is 0.759. The van der Waals surface area contributed by atoms with Gasteiger partial charge in [-0.25, -0.2) is 4.98 Å². The van der Waals surface area contributed by atoms with E-state index < -0.39 is 0 Å². The minimum Gasteiger partial charge on any atom is -0.483 e. The molecule has 0 saturated carbocycles. The molecule has 0 radical (unpaired) electrons. The molecule has 3 aromatic rings. The highest BCUT2D eigenvalue weighted by atomic mass is 16.5. The van der Waals surface area contributed by atoms with Crippen molar-refractivity contribution in [1.29, 1.82) is 0 Å². The normalized spacial score (nSPS) is 12.5. The van der Waals surface area contributed by atoms with Crippen LogP contribution in [0.5, 0.6) is 5.75 Å². The molecular weight excluding hydrogens is 236 g/mol. The molecule has 19 heavy (non-hydrogen) atoms. The number of ether oxygens (including phenoxy) is 1. The second-order valence-corrected chi connectivity index (χ2v) is 4.47. The molecule has 0 aliphatic rings. The summed E-state index contributed by atoms with van der Waals surface area (Å²) in [5.74, 6) is 1.75. The van der Waals surface area contributed by atoms with Gasteiger partial charge in [-0.05, 0) is 30.7 Å². The molecular formula is C16H16N2O. The molecule has 0 saturated heterocycles. The number of aromatic amines is 1. The molecule has 0 unspecified atom stereocenters. The Labute approximate surface area is 112 Å². The molecule has 2 aromatic carbocycles. The van der Waals surface area contributed by atoms with Gasteiger partial charge < -0.3 is 9.72 Å². The van der Waals surface area contributed by atoms with Gasteiger partial charge in [0.15, 0.2) is 6.10 Å². The Balaban J connectivity index is 1.89. The number of imidazole rings is 1. The zero-order chi connectivity index (χ0) is 13.1. The van der Waals surface area contributed by atoms with Crippen LogP contribution in [-0.4, -0.2) is 9.97 Å². The summed E-state index contributed by atoms with van der Waals surface area (Å²) >= 11 is 0. The third-order valence-corrected chi connectivity index (χ3v) is 3.11. The molecule has 1 heterocycles. The Morgan fingerprint density at radius 1 is 1.05 bits per heavy atom. The summed E-state index contributed by atoms with van der Waals surface area (Å²) in [5, 5.41) is 0. The number of nitrogens with zero attached hydrogens (tertiary/aromatic N) is 1. The van der Waals surface area contributed by atoms with Crippen molar-refractivity contribution in [3.05, 3.63) is 60.4 Å². The van der Waals surface area contributed by atoms with Gasteiger partial charge in [-0.2, -0.15) is 0 Å². The highest BCUT2D eigenvalue weighted by molar-refractivity contribution is 5.74. The summed E-state index contributed by atoms with van der Waals surface area (Å²) in [5.41, 5.74) is 2.03. The van der Waals surface area contributed by atoms with Crippen LogP contribution in [0.2, 0.25) is 0 Å². The van der Waals surface area contributed by atoms with Crippen molar-refractivity contribution >= 4 is 11.0 Å². The number of fused-ring (bicyclic) bond motifs is 1. The van der Waals surface area contributed by atoms with Gasteiger partial charge in [-0.1, -0.05) is 37.3 Å². The minimum absolute atomic E-state index is 0.0465. The first-order valence-corrected chi connectivity index (χ1v) is 6.53. The SMILES string of the molecule is CC[C@H](Oc1ccccc1)c1nc2ccccc2[nH]1. The zero-order valence-electron chi connectivity index (χ0n) is 10.8. The molecule has 0 aliphatic carbocycles. The fourth-order valence-electron chi connectivity index (χ4n) is 2.12. The number of hydrogen-bond donors (Lipinski definition) is 1. The van der Waals surface area contributed by atoms with Gasteiger partial charge >= 0.3 is 0 Å². The monoisotopic (exact) mass is 252 g/mol. The average molecular weight is 252 g/mol. The molecule has 3 nitrogen and oxygen atoms in total. The standard InChI is InChI=1S/C16H16N2O/c1-2-15(19-12-8-4-3-5-9-12)16-17-13-10-6-7-11-14(13)18-16/h3-11,15H,2H2,1H3,(H,17,18)/t15-/m0/s1. The molecule has 3 heteroatoms. The lowest BCUT2D eigenvalue weighted by Gasteiger charge is -2.15. The van der Waals surface area contributed by atoms with Crippen LogP contribution >= 0.6 is 0 Å². The van der Waals surface area contributed by atoms with Crippen molar-refractivity contribution in [3.63, 3.8) is 0 Å². The maximum absolute atomic E-state index is 5.99. The highest BCUT2D eigenvalue weighted by Crippen LogP contribution is 2.24. The molecule has 1 aromatic heterocycles. The van der Waals surface area contributed by atoms with Gasteiger partial charge in [-0.3, -0.25) is 0 Å². The maximum Gasteiger partial charge on any atom is 0.156 e. The first-order chi connectivity index (χ1) is 9.36. The van der Waals surface area contributed by atoms with Gasteiger partial charge in [0, 0.05) is 0 Å². The topological polar surface area (TPSA) is 37.9 Å². The number of hydrogen-bond acceptors (Lipinski definition) is 2. The fourth-order valence-corrected chi connectivity index (χ4v) is 2.12. The predicted octanol–water partition coefficient (Wildman–Crippen LogP) is 4.09. The van der Waals surface area contributed by atoms with Crippen LogP contribution in [-0.2, 0) is 0 Å². The summed E-state index contributed by atoms with van der Waals surface area (Å²) in [6, 6.07) is 17.9. The van der Waals surface area contributed by atoms with E-state index >= 15 is 0 Å². The summed E-state index contributed by atoms with van der Waals surface area (Å²) < 4.78 is 5.99. The van der Waals surface area contributed by atoms with Crippen molar-refractivity contribution in [2.75, 3.05) is 0 Å². The number of para-hydroxylation sites is 3. The Kier molecular flexibility index (Phi) is 3.19. The van der Waals surface area contributed by atoms with Crippen molar-refractivity contribution in [3.8, 4) is 5.75 Å². The summed E-state index contributed by atoms with van der Waals surface area (Å²) in [6.07, 6.45) is 0.823. The Morgan fingerprint density at radius 2 is 1.79 bits per heavy atom. The lowest BCUT2D eigenvalue weighted by molar-refractivity contribution is 0.192. The Morgan fingerprint density at radius 3 is 2.53 bits per heavy atom. The van der Waals surface area contributed by atoms with E-state index in [4.69, 9.17) is 4.74 Å². The molecule has 0 fully saturated rings. The molecule has 0 amide bonds. The average Bonchev–Trinajstić information content (AvgIpc) is 2.89. The Bertz CT molecular complexity index is 628. The predicted molar refractivity (Wildman–Crippen MR) is 76.2 cm³/mol. The van der Waals surface area contributed by atoms with Crippen LogP contribution in [0.25, 0.3) is 11.0 Å². The van der Waals surface area contributed by atoms with E-state index in [1.807, 2.05) is 54.6 Å². The summed E-state index contributed by atoms with van der Waals surface area (Å²) in [4.78, 5) is 7.93. The van der Waals surface area contributed by atoms with E-state index in [2.05, 4.69) is 16.9 Å². The maximum atomic E-state index is 5.99. The second-order valence-electron chi connectivity index (χ2n) is 4.47.